The van der Waals surface area contributed by atoms with Gasteiger partial charge in [-0.3, -0.25) is 14.4 Å². The fraction of sp³-hybridized carbons (Fsp3) is 0.154. The van der Waals surface area contributed by atoms with Crippen molar-refractivity contribution < 1.29 is 14.3 Å². The van der Waals surface area contributed by atoms with Gasteiger partial charge in [0.25, 0.3) is 5.91 Å². The van der Waals surface area contributed by atoms with Crippen LogP contribution in [0.2, 0.25) is 0 Å². The zero-order valence-electron chi connectivity index (χ0n) is 10.9. The number of methoxy groups -OCH3 is 1. The number of carbonyl (C=O) groups is 2. The van der Waals surface area contributed by atoms with E-state index in [9.17, 15) is 14.4 Å². The monoisotopic (exact) mass is 275 g/mol. The van der Waals surface area contributed by atoms with E-state index in [0.29, 0.717) is 17.0 Å². The highest BCUT2D eigenvalue weighted by Crippen LogP contribution is 2.26. The lowest BCUT2D eigenvalue weighted by atomic mass is 10.1. The molecule has 20 heavy (non-hydrogen) atoms. The molecule has 0 aliphatic heterocycles. The van der Waals surface area contributed by atoms with Crippen LogP contribution in [0.1, 0.15) is 17.4 Å². The number of aromatic amines is 1. The van der Waals surface area contributed by atoms with Crippen molar-refractivity contribution in [1.82, 2.24) is 4.98 Å². The van der Waals surface area contributed by atoms with E-state index in [1.807, 2.05) is 0 Å². The van der Waals surface area contributed by atoms with Gasteiger partial charge in [-0.2, -0.15) is 0 Å². The van der Waals surface area contributed by atoms with Crippen molar-refractivity contribution in [2.75, 3.05) is 12.4 Å². The molecule has 0 fully saturated rings. The lowest BCUT2D eigenvalue weighted by Gasteiger charge is -2.10. The van der Waals surface area contributed by atoms with Crippen molar-refractivity contribution >= 4 is 28.4 Å². The number of benzene rings is 1. The number of ether oxygens (including phenoxy) is 1. The molecule has 7 heteroatoms. The molecule has 4 N–H and O–H groups in total. The molecule has 0 saturated heterocycles. The maximum absolute atomic E-state index is 12.0. The Morgan fingerprint density at radius 3 is 2.55 bits per heavy atom. The van der Waals surface area contributed by atoms with E-state index in [-0.39, 0.29) is 17.0 Å². The first-order chi connectivity index (χ1) is 9.42. The Morgan fingerprint density at radius 1 is 1.30 bits per heavy atom. The van der Waals surface area contributed by atoms with Crippen LogP contribution in [0.5, 0.6) is 5.75 Å². The van der Waals surface area contributed by atoms with E-state index >= 15 is 0 Å². The van der Waals surface area contributed by atoms with Gasteiger partial charge in [-0.15, -0.1) is 0 Å². The molecule has 0 spiro atoms. The molecular weight excluding hydrogens is 262 g/mol. The number of hydrogen-bond donors (Lipinski definition) is 3. The van der Waals surface area contributed by atoms with Crippen molar-refractivity contribution in [1.29, 1.82) is 0 Å². The molecule has 0 saturated carbocycles. The molecule has 2 aromatic rings. The van der Waals surface area contributed by atoms with Crippen LogP contribution in [0.25, 0.3) is 10.9 Å². The summed E-state index contributed by atoms with van der Waals surface area (Å²) in [6.45, 7) is 1.36. The highest BCUT2D eigenvalue weighted by molar-refractivity contribution is 5.97. The minimum atomic E-state index is -0.743. The Hall–Kier alpha value is -2.83. The number of anilines is 1. The van der Waals surface area contributed by atoms with Crippen molar-refractivity contribution in [3.8, 4) is 5.75 Å². The van der Waals surface area contributed by atoms with Crippen LogP contribution < -0.4 is 21.2 Å². The summed E-state index contributed by atoms with van der Waals surface area (Å²) in [5, 5.41) is 2.87. The number of amides is 2. The van der Waals surface area contributed by atoms with Crippen molar-refractivity contribution in [3.63, 3.8) is 0 Å². The fourth-order valence-electron chi connectivity index (χ4n) is 1.92. The summed E-state index contributed by atoms with van der Waals surface area (Å²) in [6.07, 6.45) is 0. The smallest absolute Gasteiger partial charge is 0.265 e. The van der Waals surface area contributed by atoms with Crippen LogP contribution in [0, 0.1) is 0 Å². The quantitative estimate of drug-likeness (QED) is 0.760. The molecule has 1 heterocycles. The third-order valence-corrected chi connectivity index (χ3v) is 2.70. The third-order valence-electron chi connectivity index (χ3n) is 2.70. The van der Waals surface area contributed by atoms with Crippen LogP contribution >= 0.6 is 0 Å². The second kappa shape index (κ2) is 5.04. The summed E-state index contributed by atoms with van der Waals surface area (Å²) in [7, 11) is 1.41. The average molecular weight is 275 g/mol. The summed E-state index contributed by atoms with van der Waals surface area (Å²) in [5.41, 5.74) is 5.55. The number of aromatic nitrogens is 1. The van der Waals surface area contributed by atoms with E-state index in [1.165, 1.54) is 26.2 Å². The first-order valence-electron chi connectivity index (χ1n) is 5.75. The zero-order chi connectivity index (χ0) is 14.9. The summed E-state index contributed by atoms with van der Waals surface area (Å²) < 4.78 is 5.14. The Kier molecular flexibility index (Phi) is 3.43. The Bertz CT molecular complexity index is 764. The number of carbonyl (C=O) groups excluding carboxylic acids is 2. The molecule has 1 aromatic heterocycles. The standard InChI is InChI=1S/C13H13N3O4/c1-6(17)15-7-3-8-12(11(4-7)20-2)10(18)5-9(16-8)13(14)19/h3-5H,1-2H3,(H2,14,19)(H,15,17)(H,16,18). The average Bonchev–Trinajstić information content (AvgIpc) is 2.36. The summed E-state index contributed by atoms with van der Waals surface area (Å²) >= 11 is 0. The largest absolute Gasteiger partial charge is 0.496 e. The normalized spacial score (nSPS) is 10.3. The molecule has 2 rings (SSSR count). The summed E-state index contributed by atoms with van der Waals surface area (Å²) in [5.74, 6) is -0.712. The van der Waals surface area contributed by atoms with Gasteiger partial charge >= 0.3 is 0 Å². The highest BCUT2D eigenvalue weighted by atomic mass is 16.5. The van der Waals surface area contributed by atoms with E-state index in [0.717, 1.165) is 6.07 Å². The van der Waals surface area contributed by atoms with Gasteiger partial charge in [0.15, 0.2) is 5.43 Å². The molecule has 2 amide bonds. The molecular formula is C13H13N3O4. The van der Waals surface area contributed by atoms with Crippen LogP contribution in [0.3, 0.4) is 0 Å². The van der Waals surface area contributed by atoms with Gasteiger partial charge in [0, 0.05) is 24.7 Å². The van der Waals surface area contributed by atoms with Gasteiger partial charge in [0.1, 0.15) is 11.4 Å². The lowest BCUT2D eigenvalue weighted by molar-refractivity contribution is -0.114. The first kappa shape index (κ1) is 13.6. The number of nitrogens with one attached hydrogen (secondary N) is 2. The molecule has 0 bridgehead atoms. The molecule has 104 valence electrons. The van der Waals surface area contributed by atoms with E-state index in [2.05, 4.69) is 10.3 Å². The predicted octanol–water partition coefficient (Wildman–Crippen LogP) is 0.594. The van der Waals surface area contributed by atoms with Crippen LogP contribution in [0.15, 0.2) is 23.0 Å². The molecule has 7 nitrogen and oxygen atoms in total. The fourth-order valence-corrected chi connectivity index (χ4v) is 1.92. The number of primary amides is 1. The summed E-state index contributed by atoms with van der Waals surface area (Å²) in [4.78, 5) is 37.0. The molecule has 1 aromatic carbocycles. The second-order valence-electron chi connectivity index (χ2n) is 4.19. The number of hydrogen-bond acceptors (Lipinski definition) is 4. The van der Waals surface area contributed by atoms with Crippen molar-refractivity contribution in [2.24, 2.45) is 5.73 Å². The Labute approximate surface area is 113 Å². The topological polar surface area (TPSA) is 114 Å². The predicted molar refractivity (Wildman–Crippen MR) is 73.9 cm³/mol. The second-order valence-corrected chi connectivity index (χ2v) is 4.19. The van der Waals surface area contributed by atoms with Gasteiger partial charge in [-0.25, -0.2) is 0 Å². The van der Waals surface area contributed by atoms with E-state index < -0.39 is 11.3 Å². The van der Waals surface area contributed by atoms with Gasteiger partial charge in [-0.05, 0) is 6.07 Å². The van der Waals surface area contributed by atoms with Crippen LogP contribution in [-0.4, -0.2) is 23.9 Å². The van der Waals surface area contributed by atoms with Crippen molar-refractivity contribution in [3.05, 3.63) is 34.1 Å². The highest BCUT2D eigenvalue weighted by Gasteiger charge is 2.12. The molecule has 0 aliphatic carbocycles. The lowest BCUT2D eigenvalue weighted by Crippen LogP contribution is -2.17. The van der Waals surface area contributed by atoms with E-state index in [4.69, 9.17) is 10.5 Å². The van der Waals surface area contributed by atoms with Crippen LogP contribution in [-0.2, 0) is 4.79 Å². The van der Waals surface area contributed by atoms with Gasteiger partial charge in [0.2, 0.25) is 5.91 Å². The Balaban J connectivity index is 2.77. The maximum Gasteiger partial charge on any atom is 0.265 e. The van der Waals surface area contributed by atoms with Gasteiger partial charge in [0.05, 0.1) is 18.0 Å². The maximum atomic E-state index is 12.0. The number of rotatable bonds is 3. The zero-order valence-corrected chi connectivity index (χ0v) is 10.9. The van der Waals surface area contributed by atoms with Gasteiger partial charge < -0.3 is 20.8 Å². The summed E-state index contributed by atoms with van der Waals surface area (Å²) in [6, 6.07) is 4.18. The van der Waals surface area contributed by atoms with Crippen molar-refractivity contribution in [2.45, 2.75) is 6.92 Å². The Morgan fingerprint density at radius 2 is 2.00 bits per heavy atom. The SMILES string of the molecule is COc1cc(NC(C)=O)cc2[nH]c(C(N)=O)cc(=O)c12. The number of fused-ring (bicyclic) bond motifs is 1. The van der Waals surface area contributed by atoms with Crippen LogP contribution in [0.4, 0.5) is 5.69 Å². The first-order valence-corrected chi connectivity index (χ1v) is 5.75. The van der Waals surface area contributed by atoms with E-state index in [1.54, 1.807) is 0 Å². The number of nitrogens with two attached hydrogens (primary N) is 1. The van der Waals surface area contributed by atoms with Gasteiger partial charge in [-0.1, -0.05) is 0 Å². The number of H-pyrrole nitrogens is 1. The molecule has 0 atom stereocenters. The number of pyridine rings is 1. The minimum absolute atomic E-state index is 0.00970. The molecule has 0 unspecified atom stereocenters. The molecule has 0 aliphatic rings. The third kappa shape index (κ3) is 2.46. The minimum Gasteiger partial charge on any atom is -0.496 e. The molecule has 0 radical (unpaired) electrons.